The topological polar surface area (TPSA) is 84.0 Å². The smallest absolute Gasteiger partial charge is 0.275 e. The summed E-state index contributed by atoms with van der Waals surface area (Å²) in [5.74, 6) is 0.277. The molecule has 8 nitrogen and oxygen atoms in total. The summed E-state index contributed by atoms with van der Waals surface area (Å²) >= 11 is 0. The fourth-order valence-corrected chi connectivity index (χ4v) is 3.13. The van der Waals surface area contributed by atoms with Crippen molar-refractivity contribution in [3.8, 4) is 0 Å². The molecule has 1 aliphatic rings. The molecule has 0 unspecified atom stereocenters. The summed E-state index contributed by atoms with van der Waals surface area (Å²) in [5, 5.41) is 3.91. The molecule has 0 spiro atoms. The lowest BCUT2D eigenvalue weighted by Gasteiger charge is -2.25. The Morgan fingerprint density at radius 1 is 1.23 bits per heavy atom. The Kier molecular flexibility index (Phi) is 3.75. The maximum atomic E-state index is 12.9. The minimum atomic E-state index is -0.229. The van der Waals surface area contributed by atoms with Gasteiger partial charge in [0, 0.05) is 45.0 Å². The second-order valence-corrected chi connectivity index (χ2v) is 6.71. The van der Waals surface area contributed by atoms with Crippen LogP contribution in [0.5, 0.6) is 0 Å². The van der Waals surface area contributed by atoms with E-state index in [9.17, 15) is 9.59 Å². The number of pyridine rings is 1. The fourth-order valence-electron chi connectivity index (χ4n) is 3.13. The SMILES string of the molecule is Cc1ccc2nc(C(=O)N3CCc4onc(C(=O)N(C)C)c4C3)cn2c1. The van der Waals surface area contributed by atoms with Crippen LogP contribution in [-0.2, 0) is 13.0 Å². The molecule has 0 saturated heterocycles. The van der Waals surface area contributed by atoms with Gasteiger partial charge >= 0.3 is 0 Å². The van der Waals surface area contributed by atoms with Gasteiger partial charge in [-0.05, 0) is 18.6 Å². The minimum absolute atomic E-state index is 0.165. The van der Waals surface area contributed by atoms with Crippen LogP contribution in [0.1, 0.15) is 37.9 Å². The second kappa shape index (κ2) is 5.98. The van der Waals surface area contributed by atoms with Crippen molar-refractivity contribution in [2.45, 2.75) is 19.9 Å². The van der Waals surface area contributed by atoms with Crippen molar-refractivity contribution < 1.29 is 14.1 Å². The first-order valence-corrected chi connectivity index (χ1v) is 8.38. The van der Waals surface area contributed by atoms with E-state index in [-0.39, 0.29) is 17.5 Å². The van der Waals surface area contributed by atoms with Crippen LogP contribution in [0, 0.1) is 6.92 Å². The Morgan fingerprint density at radius 2 is 2.04 bits per heavy atom. The molecule has 26 heavy (non-hydrogen) atoms. The number of aryl methyl sites for hydroxylation is 1. The van der Waals surface area contributed by atoms with E-state index in [0.717, 1.165) is 11.2 Å². The average Bonchev–Trinajstić information content (AvgIpc) is 3.23. The Balaban J connectivity index is 1.62. The quantitative estimate of drug-likeness (QED) is 0.698. The van der Waals surface area contributed by atoms with E-state index in [2.05, 4.69) is 10.1 Å². The summed E-state index contributed by atoms with van der Waals surface area (Å²) in [4.78, 5) is 32.7. The van der Waals surface area contributed by atoms with Gasteiger partial charge in [-0.2, -0.15) is 0 Å². The van der Waals surface area contributed by atoms with Gasteiger partial charge in [0.1, 0.15) is 17.1 Å². The molecule has 0 aromatic carbocycles. The lowest BCUT2D eigenvalue weighted by Crippen LogP contribution is -2.36. The first-order valence-electron chi connectivity index (χ1n) is 8.38. The van der Waals surface area contributed by atoms with E-state index in [1.165, 1.54) is 4.90 Å². The zero-order valence-electron chi connectivity index (χ0n) is 14.9. The summed E-state index contributed by atoms with van der Waals surface area (Å²) in [5.41, 5.74) is 3.16. The third kappa shape index (κ3) is 2.63. The van der Waals surface area contributed by atoms with E-state index in [1.807, 2.05) is 29.7 Å². The molecule has 8 heteroatoms. The number of hydrogen-bond acceptors (Lipinski definition) is 5. The number of carbonyl (C=O) groups is 2. The first-order chi connectivity index (χ1) is 12.4. The van der Waals surface area contributed by atoms with Crippen LogP contribution in [-0.4, -0.2) is 56.8 Å². The molecule has 0 fully saturated rings. The van der Waals surface area contributed by atoms with Gasteiger partial charge in [0.25, 0.3) is 11.8 Å². The van der Waals surface area contributed by atoms with Crippen LogP contribution in [0.25, 0.3) is 5.65 Å². The maximum absolute atomic E-state index is 12.9. The van der Waals surface area contributed by atoms with Crippen LogP contribution in [0.3, 0.4) is 0 Å². The number of hydrogen-bond donors (Lipinski definition) is 0. The van der Waals surface area contributed by atoms with Crippen LogP contribution < -0.4 is 0 Å². The summed E-state index contributed by atoms with van der Waals surface area (Å²) in [6.45, 7) is 2.78. The second-order valence-electron chi connectivity index (χ2n) is 6.71. The molecule has 4 rings (SSSR count). The summed E-state index contributed by atoms with van der Waals surface area (Å²) < 4.78 is 7.14. The van der Waals surface area contributed by atoms with Crippen molar-refractivity contribution in [2.24, 2.45) is 0 Å². The van der Waals surface area contributed by atoms with E-state index >= 15 is 0 Å². The fraction of sp³-hybridized carbons (Fsp3) is 0.333. The number of amides is 2. The van der Waals surface area contributed by atoms with Gasteiger partial charge in [-0.15, -0.1) is 0 Å². The Morgan fingerprint density at radius 3 is 2.81 bits per heavy atom. The Hall–Kier alpha value is -3.16. The van der Waals surface area contributed by atoms with E-state index in [1.54, 1.807) is 25.2 Å². The van der Waals surface area contributed by atoms with Gasteiger partial charge < -0.3 is 18.7 Å². The lowest BCUT2D eigenvalue weighted by atomic mass is 10.1. The molecule has 4 heterocycles. The lowest BCUT2D eigenvalue weighted by molar-refractivity contribution is 0.0718. The number of fused-ring (bicyclic) bond motifs is 2. The minimum Gasteiger partial charge on any atom is -0.360 e. The molecule has 0 aliphatic carbocycles. The van der Waals surface area contributed by atoms with Crippen LogP contribution in [0.2, 0.25) is 0 Å². The maximum Gasteiger partial charge on any atom is 0.275 e. The van der Waals surface area contributed by atoms with Crippen molar-refractivity contribution in [1.29, 1.82) is 0 Å². The predicted octanol–water partition coefficient (Wildman–Crippen LogP) is 1.53. The molecule has 0 bridgehead atoms. The van der Waals surface area contributed by atoms with E-state index < -0.39 is 0 Å². The molecule has 134 valence electrons. The number of rotatable bonds is 2. The van der Waals surface area contributed by atoms with Crippen molar-refractivity contribution in [3.63, 3.8) is 0 Å². The van der Waals surface area contributed by atoms with Crippen LogP contribution in [0.4, 0.5) is 0 Å². The first kappa shape index (κ1) is 16.3. The van der Waals surface area contributed by atoms with Crippen molar-refractivity contribution in [2.75, 3.05) is 20.6 Å². The van der Waals surface area contributed by atoms with Crippen molar-refractivity contribution in [1.82, 2.24) is 24.3 Å². The normalized spacial score (nSPS) is 13.7. The summed E-state index contributed by atoms with van der Waals surface area (Å²) in [6.07, 6.45) is 4.20. The summed E-state index contributed by atoms with van der Waals surface area (Å²) in [7, 11) is 3.32. The Bertz CT molecular complexity index is 1020. The summed E-state index contributed by atoms with van der Waals surface area (Å²) in [6, 6.07) is 3.84. The van der Waals surface area contributed by atoms with Gasteiger partial charge in [-0.25, -0.2) is 4.98 Å². The number of carbonyl (C=O) groups excluding carboxylic acids is 2. The highest BCUT2D eigenvalue weighted by atomic mass is 16.5. The van der Waals surface area contributed by atoms with Gasteiger partial charge in [-0.1, -0.05) is 11.2 Å². The molecule has 0 atom stereocenters. The van der Waals surface area contributed by atoms with Gasteiger partial charge in [0.05, 0.1) is 6.54 Å². The molecular formula is C18H19N5O3. The molecule has 3 aromatic rings. The monoisotopic (exact) mass is 353 g/mol. The van der Waals surface area contributed by atoms with Gasteiger partial charge in [-0.3, -0.25) is 9.59 Å². The standard InChI is InChI=1S/C18H19N5O3/c1-11-4-5-15-19-13(10-23(15)8-11)17(24)22-7-6-14-12(9-22)16(20-26-14)18(25)21(2)3/h4-5,8,10H,6-7,9H2,1-3H3. The van der Waals surface area contributed by atoms with Gasteiger partial charge in [0.2, 0.25) is 0 Å². The van der Waals surface area contributed by atoms with Crippen LogP contribution in [0.15, 0.2) is 29.0 Å². The zero-order valence-corrected chi connectivity index (χ0v) is 14.9. The molecule has 0 N–H and O–H groups in total. The molecule has 0 radical (unpaired) electrons. The number of nitrogens with zero attached hydrogens (tertiary/aromatic N) is 5. The third-order valence-corrected chi connectivity index (χ3v) is 4.54. The van der Waals surface area contributed by atoms with E-state index in [0.29, 0.717) is 36.5 Å². The molecule has 1 aliphatic heterocycles. The Labute approximate surface area is 150 Å². The molecular weight excluding hydrogens is 334 g/mol. The van der Waals surface area contributed by atoms with Crippen LogP contribution >= 0.6 is 0 Å². The molecule has 3 aromatic heterocycles. The predicted molar refractivity (Wildman–Crippen MR) is 92.9 cm³/mol. The largest absolute Gasteiger partial charge is 0.360 e. The molecule has 2 amide bonds. The number of imidazole rings is 1. The van der Waals surface area contributed by atoms with Crippen molar-refractivity contribution >= 4 is 17.5 Å². The highest BCUT2D eigenvalue weighted by molar-refractivity contribution is 5.95. The molecule has 0 saturated carbocycles. The average molecular weight is 353 g/mol. The zero-order chi connectivity index (χ0) is 18.4. The third-order valence-electron chi connectivity index (χ3n) is 4.54. The highest BCUT2D eigenvalue weighted by Crippen LogP contribution is 2.24. The highest BCUT2D eigenvalue weighted by Gasteiger charge is 2.31. The number of aromatic nitrogens is 3. The van der Waals surface area contributed by atoms with Gasteiger partial charge in [0.15, 0.2) is 5.69 Å². The van der Waals surface area contributed by atoms with E-state index in [4.69, 9.17) is 4.52 Å². The van der Waals surface area contributed by atoms with Crippen molar-refractivity contribution in [3.05, 3.63) is 52.8 Å².